The average Bonchev–Trinajstić information content (AvgIpc) is 2.15. The molecule has 96 valence electrons. The van der Waals surface area contributed by atoms with Gasteiger partial charge in [0.1, 0.15) is 5.60 Å². The fourth-order valence-electron chi connectivity index (χ4n) is 1.23. The number of hydrogen-bond donors (Lipinski definition) is 3. The maximum absolute atomic E-state index is 11.3. The molecule has 0 spiro atoms. The molecular formula is C11H23NO4. The molecule has 5 nitrogen and oxygen atoms in total. The summed E-state index contributed by atoms with van der Waals surface area (Å²) >= 11 is 0. The highest BCUT2D eigenvalue weighted by molar-refractivity contribution is 5.67. The molecule has 0 aliphatic rings. The molecule has 0 aromatic heterocycles. The fourth-order valence-corrected chi connectivity index (χ4v) is 1.23. The van der Waals surface area contributed by atoms with Crippen LogP contribution in [0.25, 0.3) is 0 Å². The van der Waals surface area contributed by atoms with E-state index in [9.17, 15) is 9.90 Å². The summed E-state index contributed by atoms with van der Waals surface area (Å²) in [5.41, 5.74) is -0.526. The van der Waals surface area contributed by atoms with Crippen molar-refractivity contribution in [3.63, 3.8) is 0 Å². The van der Waals surface area contributed by atoms with Gasteiger partial charge in [0.2, 0.25) is 0 Å². The van der Waals surface area contributed by atoms with Crippen molar-refractivity contribution < 1.29 is 19.7 Å². The molecule has 1 amide bonds. The summed E-state index contributed by atoms with van der Waals surface area (Å²) in [5, 5.41) is 20.8. The molecule has 0 fully saturated rings. The van der Waals surface area contributed by atoms with Gasteiger partial charge in [-0.05, 0) is 27.2 Å². The van der Waals surface area contributed by atoms with Gasteiger partial charge >= 0.3 is 6.09 Å². The van der Waals surface area contributed by atoms with Crippen LogP contribution in [0.2, 0.25) is 0 Å². The summed E-state index contributed by atoms with van der Waals surface area (Å²) < 4.78 is 5.05. The second-order valence-electron chi connectivity index (χ2n) is 4.80. The van der Waals surface area contributed by atoms with Crippen LogP contribution in [0.1, 0.15) is 34.1 Å². The van der Waals surface area contributed by atoms with Crippen LogP contribution in [0.3, 0.4) is 0 Å². The second-order valence-corrected chi connectivity index (χ2v) is 4.80. The van der Waals surface area contributed by atoms with E-state index in [0.29, 0.717) is 13.0 Å². The van der Waals surface area contributed by atoms with Crippen molar-refractivity contribution in [3.05, 3.63) is 0 Å². The first-order valence-electron chi connectivity index (χ1n) is 5.56. The molecule has 0 heterocycles. The van der Waals surface area contributed by atoms with Crippen LogP contribution in [-0.4, -0.2) is 41.2 Å². The zero-order valence-corrected chi connectivity index (χ0v) is 10.5. The Balaban J connectivity index is 3.98. The summed E-state index contributed by atoms with van der Waals surface area (Å²) in [6, 6.07) is 0. The third-order valence-corrected chi connectivity index (χ3v) is 2.16. The number of aliphatic hydroxyl groups is 2. The molecule has 0 bridgehead atoms. The number of carbonyl (C=O) groups excluding carboxylic acids is 1. The summed E-state index contributed by atoms with van der Waals surface area (Å²) in [5.74, 6) is -0.155. The predicted molar refractivity (Wildman–Crippen MR) is 61.1 cm³/mol. The largest absolute Gasteiger partial charge is 0.444 e. The Morgan fingerprint density at radius 2 is 2.00 bits per heavy atom. The van der Waals surface area contributed by atoms with Crippen LogP contribution >= 0.6 is 0 Å². The number of hydrogen-bond acceptors (Lipinski definition) is 4. The van der Waals surface area contributed by atoms with Crippen LogP contribution in [0.15, 0.2) is 0 Å². The SMILES string of the molecule is CCC(CNC(=O)OC(C)(C)C)C(O)CO. The molecule has 0 aliphatic heterocycles. The third-order valence-electron chi connectivity index (χ3n) is 2.16. The van der Waals surface area contributed by atoms with Crippen molar-refractivity contribution in [1.29, 1.82) is 0 Å². The minimum absolute atomic E-state index is 0.155. The molecule has 5 heteroatoms. The van der Waals surface area contributed by atoms with Gasteiger partial charge in [0.15, 0.2) is 0 Å². The first-order chi connectivity index (χ1) is 7.30. The van der Waals surface area contributed by atoms with Gasteiger partial charge in [0.25, 0.3) is 0 Å². The monoisotopic (exact) mass is 233 g/mol. The van der Waals surface area contributed by atoms with E-state index in [1.54, 1.807) is 20.8 Å². The predicted octanol–water partition coefficient (Wildman–Crippen LogP) is 0.890. The zero-order chi connectivity index (χ0) is 12.8. The van der Waals surface area contributed by atoms with Gasteiger partial charge in [0.05, 0.1) is 12.7 Å². The van der Waals surface area contributed by atoms with Crippen molar-refractivity contribution in [3.8, 4) is 0 Å². The van der Waals surface area contributed by atoms with E-state index in [2.05, 4.69) is 5.32 Å². The number of nitrogens with one attached hydrogen (secondary N) is 1. The Hall–Kier alpha value is -0.810. The van der Waals surface area contributed by atoms with Crippen molar-refractivity contribution in [2.45, 2.75) is 45.8 Å². The van der Waals surface area contributed by atoms with Gasteiger partial charge in [0, 0.05) is 12.5 Å². The normalized spacial score (nSPS) is 15.4. The average molecular weight is 233 g/mol. The van der Waals surface area contributed by atoms with Crippen LogP contribution in [-0.2, 0) is 4.74 Å². The summed E-state index contributed by atoms with van der Waals surface area (Å²) in [4.78, 5) is 11.3. The molecule has 0 rings (SSSR count). The van der Waals surface area contributed by atoms with Gasteiger partial charge in [-0.3, -0.25) is 0 Å². The molecule has 0 aliphatic carbocycles. The Bertz CT molecular complexity index is 213. The molecule has 2 atom stereocenters. The van der Waals surface area contributed by atoms with E-state index in [0.717, 1.165) is 0 Å². The topological polar surface area (TPSA) is 78.8 Å². The van der Waals surface area contributed by atoms with Crippen LogP contribution < -0.4 is 5.32 Å². The van der Waals surface area contributed by atoms with E-state index in [1.807, 2.05) is 6.92 Å². The van der Waals surface area contributed by atoms with Gasteiger partial charge in [-0.15, -0.1) is 0 Å². The van der Waals surface area contributed by atoms with Gasteiger partial charge in [-0.25, -0.2) is 4.79 Å². The van der Waals surface area contributed by atoms with Crippen LogP contribution in [0.4, 0.5) is 4.79 Å². The summed E-state index contributed by atoms with van der Waals surface area (Å²) in [7, 11) is 0. The minimum Gasteiger partial charge on any atom is -0.444 e. The van der Waals surface area contributed by atoms with Crippen LogP contribution in [0, 0.1) is 5.92 Å². The Morgan fingerprint density at radius 1 is 1.44 bits per heavy atom. The molecule has 0 aromatic rings. The second kappa shape index (κ2) is 6.70. The lowest BCUT2D eigenvalue weighted by atomic mass is 10.0. The summed E-state index contributed by atoms with van der Waals surface area (Å²) in [6.45, 7) is 7.24. The number of amides is 1. The van der Waals surface area contributed by atoms with Crippen LogP contribution in [0.5, 0.6) is 0 Å². The summed E-state index contributed by atoms with van der Waals surface area (Å²) in [6.07, 6.45) is -0.631. The highest BCUT2D eigenvalue weighted by Gasteiger charge is 2.20. The van der Waals surface area contributed by atoms with Gasteiger partial charge in [-0.2, -0.15) is 0 Å². The number of alkyl carbamates (subject to hydrolysis) is 1. The Kier molecular flexibility index (Phi) is 6.36. The smallest absolute Gasteiger partial charge is 0.407 e. The molecule has 0 saturated heterocycles. The lowest BCUT2D eigenvalue weighted by Gasteiger charge is -2.23. The van der Waals surface area contributed by atoms with E-state index in [1.165, 1.54) is 0 Å². The zero-order valence-electron chi connectivity index (χ0n) is 10.5. The van der Waals surface area contributed by atoms with E-state index >= 15 is 0 Å². The first kappa shape index (κ1) is 15.2. The van der Waals surface area contributed by atoms with Crippen molar-refractivity contribution in [2.24, 2.45) is 5.92 Å². The number of rotatable bonds is 5. The Labute approximate surface area is 96.8 Å². The van der Waals surface area contributed by atoms with E-state index in [4.69, 9.17) is 9.84 Å². The molecule has 0 saturated carbocycles. The molecule has 16 heavy (non-hydrogen) atoms. The third kappa shape index (κ3) is 6.63. The number of aliphatic hydroxyl groups excluding tert-OH is 2. The quantitative estimate of drug-likeness (QED) is 0.659. The first-order valence-corrected chi connectivity index (χ1v) is 5.56. The molecule has 0 radical (unpaired) electrons. The Morgan fingerprint density at radius 3 is 2.38 bits per heavy atom. The molecule has 3 N–H and O–H groups in total. The lowest BCUT2D eigenvalue weighted by Crippen LogP contribution is -2.39. The highest BCUT2D eigenvalue weighted by atomic mass is 16.6. The number of carbonyl (C=O) groups is 1. The van der Waals surface area contributed by atoms with Gasteiger partial charge < -0.3 is 20.3 Å². The van der Waals surface area contributed by atoms with Crippen molar-refractivity contribution in [1.82, 2.24) is 5.32 Å². The highest BCUT2D eigenvalue weighted by Crippen LogP contribution is 2.09. The number of ether oxygens (including phenoxy) is 1. The maximum Gasteiger partial charge on any atom is 0.407 e. The fraction of sp³-hybridized carbons (Fsp3) is 0.909. The molecular weight excluding hydrogens is 210 g/mol. The van der Waals surface area contributed by atoms with Crippen molar-refractivity contribution >= 4 is 6.09 Å². The van der Waals surface area contributed by atoms with Crippen molar-refractivity contribution in [2.75, 3.05) is 13.2 Å². The standard InChI is InChI=1S/C11H23NO4/c1-5-8(9(14)7-13)6-12-10(15)16-11(2,3)4/h8-9,13-14H,5-7H2,1-4H3,(H,12,15). The molecule has 0 aromatic carbocycles. The minimum atomic E-state index is -0.806. The van der Waals surface area contributed by atoms with E-state index < -0.39 is 17.8 Å². The van der Waals surface area contributed by atoms with Gasteiger partial charge in [-0.1, -0.05) is 6.92 Å². The maximum atomic E-state index is 11.3. The van der Waals surface area contributed by atoms with E-state index in [-0.39, 0.29) is 12.5 Å². The molecule has 2 unspecified atom stereocenters. The lowest BCUT2D eigenvalue weighted by molar-refractivity contribution is 0.0352.